The summed E-state index contributed by atoms with van der Waals surface area (Å²) in [5.41, 5.74) is 0. The van der Waals surface area contributed by atoms with E-state index in [-0.39, 0.29) is 25.5 Å². The first kappa shape index (κ1) is 67.2. The zero-order valence-corrected chi connectivity index (χ0v) is 46.9. The molecule has 0 aromatic carbocycles. The molecule has 0 bridgehead atoms. The first-order valence-corrected chi connectivity index (χ1v) is 29.9. The van der Waals surface area contributed by atoms with E-state index in [0.717, 1.165) is 77.0 Å². The number of quaternary nitrogens is 1. The van der Waals surface area contributed by atoms with Crippen LogP contribution in [0.25, 0.3) is 0 Å². The molecule has 0 aliphatic heterocycles. The molecule has 0 fully saturated rings. The van der Waals surface area contributed by atoms with E-state index in [1.54, 1.807) is 0 Å². The third kappa shape index (κ3) is 50.1. The number of nitrogens with one attached hydrogen (secondary N) is 1. The maximum atomic E-state index is 13.5. The Labute approximate surface area is 431 Å². The fourth-order valence-corrected chi connectivity index (χ4v) is 8.47. The summed E-state index contributed by atoms with van der Waals surface area (Å²) in [6, 6.07) is -0.879. The molecule has 3 atom stereocenters. The molecule has 0 aliphatic rings. The Morgan fingerprint density at radius 3 is 1.37 bits per heavy atom. The van der Waals surface area contributed by atoms with E-state index in [1.165, 1.54) is 116 Å². The van der Waals surface area contributed by atoms with Crippen LogP contribution in [0.5, 0.6) is 0 Å². The van der Waals surface area contributed by atoms with Gasteiger partial charge in [-0.2, -0.15) is 0 Å². The molecule has 9 nitrogen and oxygen atoms in total. The minimum absolute atomic E-state index is 0.0269. The van der Waals surface area contributed by atoms with Crippen LogP contribution in [0, 0.1) is 0 Å². The van der Waals surface area contributed by atoms with E-state index in [1.807, 2.05) is 39.4 Å². The molecule has 0 rings (SSSR count). The fourth-order valence-electron chi connectivity index (χ4n) is 7.73. The molecule has 3 unspecified atom stereocenters. The Morgan fingerprint density at radius 2 is 0.929 bits per heavy atom. The molecule has 0 heterocycles. The van der Waals surface area contributed by atoms with E-state index >= 15 is 0 Å². The van der Waals surface area contributed by atoms with Gasteiger partial charge in [-0.15, -0.1) is 0 Å². The van der Waals surface area contributed by atoms with Gasteiger partial charge in [0, 0.05) is 12.8 Å². The second-order valence-corrected chi connectivity index (χ2v) is 21.5. The average molecular weight is 1000 g/mol. The number of phosphoric ester groups is 1. The third-order valence-electron chi connectivity index (χ3n) is 12.1. The maximum Gasteiger partial charge on any atom is 0.472 e. The lowest BCUT2D eigenvalue weighted by Crippen LogP contribution is -2.47. The van der Waals surface area contributed by atoms with Crippen LogP contribution in [-0.4, -0.2) is 74.3 Å². The van der Waals surface area contributed by atoms with E-state index < -0.39 is 25.9 Å². The molecule has 2 N–H and O–H groups in total. The summed E-state index contributed by atoms with van der Waals surface area (Å²) in [6.45, 7) is 6.84. The molecule has 0 aromatic rings. The molecule has 1 amide bonds. The zero-order valence-electron chi connectivity index (χ0n) is 46.0. The molecular weight excluding hydrogens is 892 g/mol. The van der Waals surface area contributed by atoms with Gasteiger partial charge in [0.15, 0.2) is 0 Å². The van der Waals surface area contributed by atoms with Gasteiger partial charge in [0.05, 0.1) is 33.8 Å². The molecule has 0 aromatic heterocycles. The third-order valence-corrected chi connectivity index (χ3v) is 13.1. The van der Waals surface area contributed by atoms with Gasteiger partial charge in [0.25, 0.3) is 0 Å². The number of likely N-dealkylation sites (N-methyl/N-ethyl adjacent to an activating group) is 1. The molecule has 0 saturated carbocycles. The largest absolute Gasteiger partial charge is 0.472 e. The smallest absolute Gasteiger partial charge is 0.456 e. The number of nitrogens with zero attached hydrogens (tertiary/aromatic N) is 1. The van der Waals surface area contributed by atoms with Crippen molar-refractivity contribution in [3.63, 3.8) is 0 Å². The number of hydrogen-bond donors (Lipinski definition) is 2. The SMILES string of the molecule is CC/C=C\C/C=C\C/C=C\C/C=C\C/C=C\C/C=C\CCC(=O)OC(/C=C/CCCCCCCCCCCC)C(COP(=O)(O)OCC[N+](C)(C)C)NC(=O)CCCCCCCCCCCCCCC. The molecule has 404 valence electrons. The number of esters is 1. The molecule has 0 aliphatic carbocycles. The summed E-state index contributed by atoms with van der Waals surface area (Å²) in [7, 11) is 1.45. The number of rotatable bonds is 50. The van der Waals surface area contributed by atoms with Crippen LogP contribution in [0.1, 0.15) is 233 Å². The summed E-state index contributed by atoms with van der Waals surface area (Å²) in [5.74, 6) is -0.604. The number of ether oxygens (including phenoxy) is 1. The van der Waals surface area contributed by atoms with Crippen molar-refractivity contribution in [1.82, 2.24) is 5.32 Å². The Bertz CT molecular complexity index is 1480. The van der Waals surface area contributed by atoms with Crippen LogP contribution in [0.4, 0.5) is 0 Å². The first-order chi connectivity index (χ1) is 33.9. The van der Waals surface area contributed by atoms with Crippen LogP contribution in [-0.2, 0) is 27.9 Å². The van der Waals surface area contributed by atoms with Crippen LogP contribution in [0.3, 0.4) is 0 Å². The van der Waals surface area contributed by atoms with Gasteiger partial charge < -0.3 is 19.4 Å². The highest BCUT2D eigenvalue weighted by molar-refractivity contribution is 7.47. The number of hydrogen-bond acceptors (Lipinski definition) is 6. The van der Waals surface area contributed by atoms with Crippen LogP contribution < -0.4 is 5.32 Å². The first-order valence-electron chi connectivity index (χ1n) is 28.4. The summed E-state index contributed by atoms with van der Waals surface area (Å²) >= 11 is 0. The second kappa shape index (κ2) is 49.8. The highest BCUT2D eigenvalue weighted by atomic mass is 31.2. The molecule has 0 saturated heterocycles. The van der Waals surface area contributed by atoms with Crippen LogP contribution in [0.2, 0.25) is 0 Å². The highest BCUT2D eigenvalue weighted by Gasteiger charge is 2.30. The Kier molecular flexibility index (Phi) is 47.8. The van der Waals surface area contributed by atoms with Crippen molar-refractivity contribution in [2.45, 2.75) is 245 Å². The predicted molar refractivity (Wildman–Crippen MR) is 300 cm³/mol. The average Bonchev–Trinajstić information content (AvgIpc) is 3.32. The lowest BCUT2D eigenvalue weighted by Gasteiger charge is -2.27. The molecular formula is C60H108N2O7P+. The zero-order chi connectivity index (χ0) is 51.5. The Hall–Kier alpha value is -2.81. The number of amides is 1. The topological polar surface area (TPSA) is 111 Å². The number of allylic oxidation sites excluding steroid dienone is 13. The van der Waals surface area contributed by atoms with Crippen molar-refractivity contribution in [2.75, 3.05) is 40.9 Å². The van der Waals surface area contributed by atoms with E-state index in [2.05, 4.69) is 92.9 Å². The normalized spacial score (nSPS) is 14.4. The van der Waals surface area contributed by atoms with Gasteiger partial charge in [-0.05, 0) is 70.3 Å². The van der Waals surface area contributed by atoms with Gasteiger partial charge in [0.2, 0.25) is 5.91 Å². The standard InChI is InChI=1S/C60H107N2O7P/c1-7-10-13-16-19-22-25-28-29-30-31-32-33-35-38-41-44-47-50-53-60(64)69-58(51-48-45-42-39-36-27-24-21-18-15-12-9-3)57(56-68-70(65,66)67-55-54-62(4,5)6)61-59(63)52-49-46-43-40-37-34-26-23-20-17-14-11-8-2/h10,13,19,22,28-29,31-32,35,38,44,47-48,51,57-58H,7-9,11-12,14-18,20-21,23-27,30,33-34,36-37,39-43,45-46,49-50,52-56H2,1-6H3,(H-,61,63,65,66)/p+1/b13-10-,22-19-,29-28-,32-31-,38-35-,47-44-,51-48+. The van der Waals surface area contributed by atoms with Crippen LogP contribution in [0.15, 0.2) is 85.1 Å². The van der Waals surface area contributed by atoms with Crippen molar-refractivity contribution in [2.24, 2.45) is 0 Å². The number of carbonyl (C=O) groups is 2. The molecule has 0 spiro atoms. The van der Waals surface area contributed by atoms with E-state index in [4.69, 9.17) is 13.8 Å². The maximum absolute atomic E-state index is 13.5. The fraction of sp³-hybridized carbons (Fsp3) is 0.733. The summed E-state index contributed by atoms with van der Waals surface area (Å²) in [4.78, 5) is 37.5. The molecule has 0 radical (unpaired) electrons. The summed E-state index contributed by atoms with van der Waals surface area (Å²) in [5, 5.41) is 3.02. The van der Waals surface area contributed by atoms with Crippen molar-refractivity contribution < 1.29 is 37.3 Å². The summed E-state index contributed by atoms with van der Waals surface area (Å²) in [6.07, 6.45) is 64.5. The highest BCUT2D eigenvalue weighted by Crippen LogP contribution is 2.43. The minimum Gasteiger partial charge on any atom is -0.456 e. The van der Waals surface area contributed by atoms with Crippen LogP contribution >= 0.6 is 7.82 Å². The van der Waals surface area contributed by atoms with Crippen molar-refractivity contribution in [3.05, 3.63) is 85.1 Å². The number of carbonyl (C=O) groups excluding carboxylic acids is 2. The van der Waals surface area contributed by atoms with E-state index in [0.29, 0.717) is 23.9 Å². The van der Waals surface area contributed by atoms with Gasteiger partial charge in [-0.1, -0.05) is 235 Å². The Balaban J connectivity index is 5.47. The monoisotopic (exact) mass is 1000 g/mol. The van der Waals surface area contributed by atoms with Gasteiger partial charge in [0.1, 0.15) is 19.3 Å². The second-order valence-electron chi connectivity index (χ2n) is 20.1. The quantitative estimate of drug-likeness (QED) is 0.0205. The molecule has 70 heavy (non-hydrogen) atoms. The number of phosphoric acid groups is 1. The lowest BCUT2D eigenvalue weighted by atomic mass is 10.0. The van der Waals surface area contributed by atoms with Crippen molar-refractivity contribution in [3.8, 4) is 0 Å². The van der Waals surface area contributed by atoms with Crippen molar-refractivity contribution in [1.29, 1.82) is 0 Å². The van der Waals surface area contributed by atoms with Gasteiger partial charge in [-0.25, -0.2) is 4.57 Å². The minimum atomic E-state index is -4.46. The lowest BCUT2D eigenvalue weighted by molar-refractivity contribution is -0.870. The predicted octanol–water partition coefficient (Wildman–Crippen LogP) is 17.0. The molecule has 10 heteroatoms. The van der Waals surface area contributed by atoms with Gasteiger partial charge >= 0.3 is 13.8 Å². The van der Waals surface area contributed by atoms with E-state index in [9.17, 15) is 19.0 Å². The Morgan fingerprint density at radius 1 is 0.514 bits per heavy atom. The van der Waals surface area contributed by atoms with Gasteiger partial charge in [-0.3, -0.25) is 18.6 Å². The number of unbranched alkanes of at least 4 members (excludes halogenated alkanes) is 22. The van der Waals surface area contributed by atoms with Crippen molar-refractivity contribution >= 4 is 19.7 Å². The summed E-state index contributed by atoms with van der Waals surface area (Å²) < 4.78 is 30.5.